The van der Waals surface area contributed by atoms with Gasteiger partial charge < -0.3 is 50.8 Å². The van der Waals surface area contributed by atoms with Gasteiger partial charge in [-0.25, -0.2) is 0 Å². The summed E-state index contributed by atoms with van der Waals surface area (Å²) in [6.45, 7) is 8.72. The molecule has 55 heavy (non-hydrogen) atoms. The fraction of sp³-hybridized carbons (Fsp3) is 0.525. The lowest BCUT2D eigenvalue weighted by Crippen LogP contribution is -2.54. The minimum Gasteiger partial charge on any atom is -0.379 e. The summed E-state index contributed by atoms with van der Waals surface area (Å²) in [6.07, 6.45) is 0.377. The van der Waals surface area contributed by atoms with Gasteiger partial charge in [0.15, 0.2) is 0 Å². The second-order valence-corrected chi connectivity index (χ2v) is 13.1. The maximum absolute atomic E-state index is 13.3. The molecular weight excluding hydrogens is 708 g/mol. The molecule has 1 aliphatic heterocycles. The number of hydrogen-bond donors (Lipinski definition) is 5. The summed E-state index contributed by atoms with van der Waals surface area (Å²) in [5.41, 5.74) is 8.79. The van der Waals surface area contributed by atoms with Gasteiger partial charge in [0, 0.05) is 50.0 Å². The Morgan fingerprint density at radius 3 is 1.87 bits per heavy atom. The molecular formula is C40H56N6O9. The third-order valence-electron chi connectivity index (χ3n) is 8.36. The van der Waals surface area contributed by atoms with E-state index in [1.807, 2.05) is 48.5 Å². The lowest BCUT2D eigenvalue weighted by molar-refractivity contribution is -0.133. The van der Waals surface area contributed by atoms with E-state index < -0.39 is 18.0 Å². The van der Waals surface area contributed by atoms with Crippen molar-refractivity contribution in [1.82, 2.24) is 21.3 Å². The number of carbonyl (C=O) groups excluding carboxylic acids is 5. The molecule has 2 aromatic carbocycles. The first-order chi connectivity index (χ1) is 26.6. The molecule has 3 rings (SSSR count). The lowest BCUT2D eigenvalue weighted by atomic mass is 10.0. The zero-order chi connectivity index (χ0) is 39.8. The minimum absolute atomic E-state index is 0.0633. The van der Waals surface area contributed by atoms with Gasteiger partial charge in [-0.05, 0) is 36.6 Å². The first-order valence-corrected chi connectivity index (χ1v) is 18.7. The number of benzene rings is 2. The van der Waals surface area contributed by atoms with Crippen molar-refractivity contribution in [2.45, 2.75) is 58.7 Å². The predicted octanol–water partition coefficient (Wildman–Crippen LogP) is 1.01. The van der Waals surface area contributed by atoms with E-state index in [1.54, 1.807) is 25.7 Å². The van der Waals surface area contributed by atoms with Crippen LogP contribution in [0, 0.1) is 17.8 Å². The first-order valence-electron chi connectivity index (χ1n) is 18.7. The van der Waals surface area contributed by atoms with Gasteiger partial charge in [0.25, 0.3) is 0 Å². The molecule has 15 heteroatoms. The van der Waals surface area contributed by atoms with E-state index in [1.165, 1.54) is 0 Å². The average Bonchev–Trinajstić information content (AvgIpc) is 3.16. The summed E-state index contributed by atoms with van der Waals surface area (Å²) in [5.74, 6) is 4.76. The van der Waals surface area contributed by atoms with Crippen LogP contribution in [0.15, 0.2) is 48.5 Å². The molecule has 1 aliphatic rings. The van der Waals surface area contributed by atoms with Crippen LogP contribution in [0.5, 0.6) is 0 Å². The largest absolute Gasteiger partial charge is 0.379 e. The molecule has 0 fully saturated rings. The van der Waals surface area contributed by atoms with E-state index >= 15 is 0 Å². The Morgan fingerprint density at radius 1 is 0.673 bits per heavy atom. The average molecular weight is 765 g/mol. The molecule has 300 valence electrons. The van der Waals surface area contributed by atoms with Crippen LogP contribution in [0.1, 0.15) is 56.7 Å². The van der Waals surface area contributed by atoms with Gasteiger partial charge in [-0.2, -0.15) is 0 Å². The van der Waals surface area contributed by atoms with Crippen LogP contribution in [0.4, 0.5) is 5.69 Å². The monoisotopic (exact) mass is 764 g/mol. The molecule has 0 spiro atoms. The number of para-hydroxylation sites is 1. The van der Waals surface area contributed by atoms with Crippen molar-refractivity contribution in [3.8, 4) is 11.8 Å². The fourth-order valence-corrected chi connectivity index (χ4v) is 5.33. The highest BCUT2D eigenvalue weighted by Gasteiger charge is 2.27. The Kier molecular flexibility index (Phi) is 20.5. The zero-order valence-electron chi connectivity index (χ0n) is 32.2. The number of anilines is 1. The number of rotatable bonds is 25. The molecule has 5 amide bonds. The van der Waals surface area contributed by atoms with Crippen LogP contribution in [0.25, 0.3) is 0 Å². The van der Waals surface area contributed by atoms with E-state index in [-0.39, 0.29) is 75.2 Å². The number of carbonyl (C=O) groups is 5. The number of nitrogens with one attached hydrogen (secondary N) is 4. The number of fused-ring (bicyclic) bond motifs is 2. The summed E-state index contributed by atoms with van der Waals surface area (Å²) in [6, 6.07) is 13.8. The van der Waals surface area contributed by atoms with Gasteiger partial charge in [0.2, 0.25) is 29.5 Å². The van der Waals surface area contributed by atoms with Crippen LogP contribution in [-0.4, -0.2) is 114 Å². The lowest BCUT2D eigenvalue weighted by Gasteiger charge is -2.26. The van der Waals surface area contributed by atoms with E-state index in [0.29, 0.717) is 52.7 Å². The van der Waals surface area contributed by atoms with Crippen molar-refractivity contribution in [1.29, 1.82) is 0 Å². The molecule has 0 saturated heterocycles. The molecule has 15 nitrogen and oxygen atoms in total. The van der Waals surface area contributed by atoms with E-state index in [0.717, 1.165) is 22.4 Å². The van der Waals surface area contributed by atoms with Crippen LogP contribution in [0.3, 0.4) is 0 Å². The summed E-state index contributed by atoms with van der Waals surface area (Å²) in [5, 5.41) is 10.7. The molecule has 0 bridgehead atoms. The molecule has 1 heterocycles. The molecule has 2 unspecified atom stereocenters. The molecule has 0 aliphatic carbocycles. The minimum atomic E-state index is -0.797. The van der Waals surface area contributed by atoms with Crippen molar-refractivity contribution in [2.24, 2.45) is 11.7 Å². The van der Waals surface area contributed by atoms with Crippen LogP contribution in [-0.2, 0) is 49.5 Å². The molecule has 6 N–H and O–H groups in total. The first kappa shape index (κ1) is 44.5. The van der Waals surface area contributed by atoms with Gasteiger partial charge in [-0.3, -0.25) is 24.0 Å². The number of hydrogen-bond acceptors (Lipinski definition) is 10. The van der Waals surface area contributed by atoms with E-state index in [2.05, 4.69) is 33.1 Å². The highest BCUT2D eigenvalue weighted by atomic mass is 16.6. The van der Waals surface area contributed by atoms with Gasteiger partial charge in [-0.1, -0.05) is 56.0 Å². The predicted molar refractivity (Wildman–Crippen MR) is 207 cm³/mol. The van der Waals surface area contributed by atoms with Crippen LogP contribution in [0.2, 0.25) is 0 Å². The number of nitrogens with zero attached hydrogens (tertiary/aromatic N) is 1. The van der Waals surface area contributed by atoms with Crippen molar-refractivity contribution < 1.29 is 42.9 Å². The van der Waals surface area contributed by atoms with Gasteiger partial charge in [0.05, 0.1) is 65.1 Å². The number of ether oxygens (including phenoxy) is 4. The molecule has 0 saturated carbocycles. The summed E-state index contributed by atoms with van der Waals surface area (Å²) < 4.78 is 21.9. The second-order valence-electron chi connectivity index (χ2n) is 13.1. The van der Waals surface area contributed by atoms with Crippen molar-refractivity contribution in [3.05, 3.63) is 65.2 Å². The SMILES string of the molecule is CC(NC(=O)C(NC(=O)CCOCCOCCOCCOCCC(=O)NCCC(=O)N1Cc2ccccc2C#Cc2ccccc21)C(C)C)C(=O)NCCN. The third kappa shape index (κ3) is 16.6. The molecule has 2 atom stereocenters. The van der Waals surface area contributed by atoms with Gasteiger partial charge in [-0.15, -0.1) is 0 Å². The Morgan fingerprint density at radius 2 is 1.24 bits per heavy atom. The smallest absolute Gasteiger partial charge is 0.243 e. The fourth-order valence-electron chi connectivity index (χ4n) is 5.33. The van der Waals surface area contributed by atoms with Crippen LogP contribution < -0.4 is 31.9 Å². The van der Waals surface area contributed by atoms with E-state index in [9.17, 15) is 24.0 Å². The maximum Gasteiger partial charge on any atom is 0.243 e. The Balaban J connectivity index is 1.16. The standard InChI is InChI=1S/C40H56N6O9/c1-29(2)38(40(51)44-30(3)39(50)43-19-17-41)45-36(48)16-21-53-23-25-55-27-26-54-24-22-52-20-15-35(47)42-18-14-37(49)46-28-33-10-5-4-8-31(33)12-13-32-9-6-7-11-34(32)46/h4-11,29-30,38H,14-28,41H2,1-3H3,(H,42,47)(H,43,50)(H,44,51)(H,45,48). The highest BCUT2D eigenvalue weighted by molar-refractivity contribution is 5.95. The highest BCUT2D eigenvalue weighted by Crippen LogP contribution is 2.25. The van der Waals surface area contributed by atoms with Crippen molar-refractivity contribution in [3.63, 3.8) is 0 Å². The Hall–Kier alpha value is -4.85. The number of nitrogens with two attached hydrogens (primary N) is 1. The summed E-state index contributed by atoms with van der Waals surface area (Å²) in [4.78, 5) is 64.4. The second kappa shape index (κ2) is 25.3. The third-order valence-corrected chi connectivity index (χ3v) is 8.36. The summed E-state index contributed by atoms with van der Waals surface area (Å²) >= 11 is 0. The van der Waals surface area contributed by atoms with Crippen molar-refractivity contribution in [2.75, 3.05) is 77.4 Å². The van der Waals surface area contributed by atoms with E-state index in [4.69, 9.17) is 24.7 Å². The number of amides is 5. The van der Waals surface area contributed by atoms with Gasteiger partial charge in [0.1, 0.15) is 12.1 Å². The van der Waals surface area contributed by atoms with Crippen molar-refractivity contribution >= 4 is 35.2 Å². The maximum atomic E-state index is 13.3. The molecule has 2 aromatic rings. The quantitative estimate of drug-likeness (QED) is 0.0719. The normalized spacial score (nSPS) is 12.9. The Labute approximate surface area is 323 Å². The zero-order valence-corrected chi connectivity index (χ0v) is 32.2. The van der Waals surface area contributed by atoms with Gasteiger partial charge >= 0.3 is 0 Å². The summed E-state index contributed by atoms with van der Waals surface area (Å²) in [7, 11) is 0. The Bertz CT molecular complexity index is 1610. The molecule has 0 radical (unpaired) electrons. The van der Waals surface area contributed by atoms with Crippen LogP contribution >= 0.6 is 0 Å². The topological polar surface area (TPSA) is 200 Å². The molecule has 0 aromatic heterocycles.